The number of anilines is 3. The summed E-state index contributed by atoms with van der Waals surface area (Å²) in [7, 11) is 0. The van der Waals surface area contributed by atoms with Gasteiger partial charge in [0.1, 0.15) is 0 Å². The Morgan fingerprint density at radius 2 is 1.12 bits per heavy atom. The van der Waals surface area contributed by atoms with Gasteiger partial charge in [0, 0.05) is 24.0 Å². The van der Waals surface area contributed by atoms with Crippen LogP contribution < -0.4 is 16.0 Å². The first-order chi connectivity index (χ1) is 11.5. The third-order valence-electron chi connectivity index (χ3n) is 2.94. The lowest BCUT2D eigenvalue weighted by Crippen LogP contribution is -2.29. The highest BCUT2D eigenvalue weighted by molar-refractivity contribution is 6.43. The zero-order valence-corrected chi connectivity index (χ0v) is 12.8. The van der Waals surface area contributed by atoms with Gasteiger partial charge in [-0.05, 0) is 48.5 Å². The first kappa shape index (κ1) is 16.7. The van der Waals surface area contributed by atoms with E-state index in [0.29, 0.717) is 22.6 Å². The molecule has 3 N–H and O–H groups in total. The largest absolute Gasteiger partial charge is 0.326 e. The number of nitrogens with zero attached hydrogens (tertiary/aromatic N) is 1. The predicted octanol–water partition coefficient (Wildman–Crippen LogP) is 2.09. The lowest BCUT2D eigenvalue weighted by molar-refractivity contribution is -0.132. The monoisotopic (exact) mass is 322 g/mol. The van der Waals surface area contributed by atoms with Crippen LogP contribution in [0.5, 0.6) is 0 Å². The molecule has 7 heteroatoms. The SMILES string of the molecule is CC(=O)Nc1ccc(NC(=O)C(=O)Nc2ccc(C#N)cc2)cc1. The lowest BCUT2D eigenvalue weighted by atomic mass is 10.2. The molecule has 120 valence electrons. The summed E-state index contributed by atoms with van der Waals surface area (Å²) in [5.74, 6) is -1.86. The summed E-state index contributed by atoms with van der Waals surface area (Å²) in [4.78, 5) is 34.6. The van der Waals surface area contributed by atoms with Crippen LogP contribution in [0.15, 0.2) is 48.5 Å². The Kier molecular flexibility index (Phi) is 5.26. The van der Waals surface area contributed by atoms with Crippen molar-refractivity contribution >= 4 is 34.8 Å². The Bertz CT molecular complexity index is 805. The van der Waals surface area contributed by atoms with E-state index in [1.807, 2.05) is 6.07 Å². The quantitative estimate of drug-likeness (QED) is 0.751. The highest BCUT2D eigenvalue weighted by Crippen LogP contribution is 2.14. The minimum absolute atomic E-state index is 0.200. The van der Waals surface area contributed by atoms with E-state index in [2.05, 4.69) is 16.0 Å². The zero-order valence-electron chi connectivity index (χ0n) is 12.8. The molecule has 0 fully saturated rings. The maximum absolute atomic E-state index is 11.9. The molecule has 0 unspecified atom stereocenters. The van der Waals surface area contributed by atoms with E-state index in [9.17, 15) is 14.4 Å². The van der Waals surface area contributed by atoms with E-state index in [1.165, 1.54) is 31.2 Å². The van der Waals surface area contributed by atoms with Crippen LogP contribution in [0.2, 0.25) is 0 Å². The van der Waals surface area contributed by atoms with Crippen molar-refractivity contribution in [3.05, 3.63) is 54.1 Å². The molecule has 0 heterocycles. The molecule has 0 spiro atoms. The maximum Gasteiger partial charge on any atom is 0.314 e. The molecule has 0 aliphatic carbocycles. The molecule has 2 aromatic carbocycles. The van der Waals surface area contributed by atoms with Crippen molar-refractivity contribution in [2.75, 3.05) is 16.0 Å². The van der Waals surface area contributed by atoms with Gasteiger partial charge in [-0.3, -0.25) is 14.4 Å². The van der Waals surface area contributed by atoms with Gasteiger partial charge in [-0.25, -0.2) is 0 Å². The van der Waals surface area contributed by atoms with E-state index in [-0.39, 0.29) is 5.91 Å². The molecule has 0 bridgehead atoms. The van der Waals surface area contributed by atoms with Crippen LogP contribution in [-0.4, -0.2) is 17.7 Å². The summed E-state index contributed by atoms with van der Waals surface area (Å²) < 4.78 is 0. The van der Waals surface area contributed by atoms with Gasteiger partial charge >= 0.3 is 11.8 Å². The number of rotatable bonds is 3. The standard InChI is InChI=1S/C17H14N4O3/c1-11(22)19-13-6-8-15(9-7-13)21-17(24)16(23)20-14-4-2-12(10-18)3-5-14/h2-9H,1H3,(H,19,22)(H,20,23)(H,21,24). The average molecular weight is 322 g/mol. The number of amides is 3. The van der Waals surface area contributed by atoms with Crippen molar-refractivity contribution in [2.45, 2.75) is 6.92 Å². The van der Waals surface area contributed by atoms with Crippen LogP contribution in [0.3, 0.4) is 0 Å². The van der Waals surface area contributed by atoms with Crippen LogP contribution in [0, 0.1) is 11.3 Å². The van der Waals surface area contributed by atoms with Gasteiger partial charge in [-0.1, -0.05) is 0 Å². The molecule has 0 aliphatic heterocycles. The molecule has 2 rings (SSSR count). The molecule has 0 saturated carbocycles. The second kappa shape index (κ2) is 7.56. The zero-order chi connectivity index (χ0) is 17.5. The Hall–Kier alpha value is -3.66. The Labute approximate surface area is 138 Å². The highest BCUT2D eigenvalue weighted by Gasteiger charge is 2.14. The van der Waals surface area contributed by atoms with Gasteiger partial charge in [0.2, 0.25) is 5.91 Å². The van der Waals surface area contributed by atoms with Crippen molar-refractivity contribution in [2.24, 2.45) is 0 Å². The molecule has 2 aromatic rings. The first-order valence-corrected chi connectivity index (χ1v) is 6.98. The fourth-order valence-electron chi connectivity index (χ4n) is 1.84. The molecule has 24 heavy (non-hydrogen) atoms. The summed E-state index contributed by atoms with van der Waals surface area (Å²) in [5, 5.41) is 16.2. The minimum atomic E-state index is -0.828. The van der Waals surface area contributed by atoms with Crippen LogP contribution >= 0.6 is 0 Å². The van der Waals surface area contributed by atoms with Gasteiger partial charge in [0.15, 0.2) is 0 Å². The fraction of sp³-hybridized carbons (Fsp3) is 0.0588. The molecule has 0 aliphatic rings. The smallest absolute Gasteiger partial charge is 0.314 e. The average Bonchev–Trinajstić information content (AvgIpc) is 2.56. The summed E-state index contributed by atoms with van der Waals surface area (Å²) in [6.45, 7) is 1.39. The topological polar surface area (TPSA) is 111 Å². The van der Waals surface area contributed by atoms with E-state index in [1.54, 1.807) is 24.3 Å². The second-order valence-electron chi connectivity index (χ2n) is 4.86. The van der Waals surface area contributed by atoms with Crippen LogP contribution in [-0.2, 0) is 14.4 Å². The summed E-state index contributed by atoms with van der Waals surface area (Å²) in [5.41, 5.74) is 1.87. The van der Waals surface area contributed by atoms with Crippen LogP contribution in [0.1, 0.15) is 12.5 Å². The van der Waals surface area contributed by atoms with Crippen molar-refractivity contribution in [1.82, 2.24) is 0 Å². The lowest BCUT2D eigenvalue weighted by Gasteiger charge is -2.07. The van der Waals surface area contributed by atoms with E-state index in [0.717, 1.165) is 0 Å². The van der Waals surface area contributed by atoms with Crippen molar-refractivity contribution in [1.29, 1.82) is 5.26 Å². The van der Waals surface area contributed by atoms with Crippen molar-refractivity contribution in [3.8, 4) is 6.07 Å². The molecule has 0 saturated heterocycles. The Morgan fingerprint density at radius 3 is 1.50 bits per heavy atom. The highest BCUT2D eigenvalue weighted by atomic mass is 16.2. The molecule has 0 radical (unpaired) electrons. The molecule has 3 amide bonds. The molecule has 7 nitrogen and oxygen atoms in total. The Morgan fingerprint density at radius 1 is 0.750 bits per heavy atom. The van der Waals surface area contributed by atoms with Crippen LogP contribution in [0.4, 0.5) is 17.1 Å². The first-order valence-electron chi connectivity index (χ1n) is 6.98. The van der Waals surface area contributed by atoms with E-state index >= 15 is 0 Å². The number of carbonyl (C=O) groups excluding carboxylic acids is 3. The second-order valence-corrected chi connectivity index (χ2v) is 4.86. The number of carbonyl (C=O) groups is 3. The maximum atomic E-state index is 11.9. The number of hydrogen-bond acceptors (Lipinski definition) is 4. The molecular weight excluding hydrogens is 308 g/mol. The number of nitriles is 1. The van der Waals surface area contributed by atoms with Gasteiger partial charge in [0.25, 0.3) is 0 Å². The number of hydrogen-bond donors (Lipinski definition) is 3. The Balaban J connectivity index is 1.94. The molecular formula is C17H14N4O3. The van der Waals surface area contributed by atoms with Gasteiger partial charge in [0.05, 0.1) is 11.6 Å². The fourth-order valence-corrected chi connectivity index (χ4v) is 1.84. The van der Waals surface area contributed by atoms with E-state index in [4.69, 9.17) is 5.26 Å². The summed E-state index contributed by atoms with van der Waals surface area (Å²) in [6, 6.07) is 14.4. The van der Waals surface area contributed by atoms with Crippen LogP contribution in [0.25, 0.3) is 0 Å². The third kappa shape index (κ3) is 4.68. The third-order valence-corrected chi connectivity index (χ3v) is 2.94. The molecule has 0 atom stereocenters. The van der Waals surface area contributed by atoms with Gasteiger partial charge in [-0.2, -0.15) is 5.26 Å². The number of nitrogens with one attached hydrogen (secondary N) is 3. The molecule has 0 aromatic heterocycles. The normalized spacial score (nSPS) is 9.50. The van der Waals surface area contributed by atoms with Gasteiger partial charge < -0.3 is 16.0 Å². The van der Waals surface area contributed by atoms with Crippen molar-refractivity contribution in [3.63, 3.8) is 0 Å². The van der Waals surface area contributed by atoms with Crippen molar-refractivity contribution < 1.29 is 14.4 Å². The number of benzene rings is 2. The minimum Gasteiger partial charge on any atom is -0.326 e. The predicted molar refractivity (Wildman–Crippen MR) is 89.2 cm³/mol. The summed E-state index contributed by atoms with van der Waals surface area (Å²) >= 11 is 0. The summed E-state index contributed by atoms with van der Waals surface area (Å²) in [6.07, 6.45) is 0. The van der Waals surface area contributed by atoms with E-state index < -0.39 is 11.8 Å². The van der Waals surface area contributed by atoms with Gasteiger partial charge in [-0.15, -0.1) is 0 Å².